The maximum atomic E-state index is 11.4. The summed E-state index contributed by atoms with van der Waals surface area (Å²) in [6.45, 7) is 11.0. The molecule has 0 N–H and O–H groups in total. The van der Waals surface area contributed by atoms with Crippen molar-refractivity contribution in [1.29, 1.82) is 0 Å². The van der Waals surface area contributed by atoms with E-state index in [1.165, 1.54) is 0 Å². The van der Waals surface area contributed by atoms with E-state index in [2.05, 4.69) is 6.58 Å². The molecule has 88 valence electrons. The van der Waals surface area contributed by atoms with Crippen LogP contribution in [0, 0.1) is 0 Å². The first-order chi connectivity index (χ1) is 7.04. The summed E-state index contributed by atoms with van der Waals surface area (Å²) in [6, 6.07) is 0. The second-order valence-corrected chi connectivity index (χ2v) is 5.00. The first kappa shape index (κ1) is 16.6. The predicted octanol–water partition coefficient (Wildman–Crippen LogP) is 3.48. The van der Waals surface area contributed by atoms with Gasteiger partial charge in [-0.2, -0.15) is 0 Å². The summed E-state index contributed by atoms with van der Waals surface area (Å²) in [5.74, 6) is 0.220. The van der Waals surface area contributed by atoms with Gasteiger partial charge in [0.2, 0.25) is 0 Å². The predicted molar refractivity (Wildman–Crippen MR) is 68.5 cm³/mol. The molecule has 0 atom stereocenters. The third-order valence-corrected chi connectivity index (χ3v) is 3.60. The van der Waals surface area contributed by atoms with Crippen molar-refractivity contribution in [2.75, 3.05) is 5.75 Å². The highest BCUT2D eigenvalue weighted by molar-refractivity contribution is 7.95. The van der Waals surface area contributed by atoms with Crippen molar-refractivity contribution >= 4 is 9.84 Å². The van der Waals surface area contributed by atoms with Crippen LogP contribution in [0.1, 0.15) is 34.1 Å². The van der Waals surface area contributed by atoms with Gasteiger partial charge in [0.1, 0.15) is 0 Å². The van der Waals surface area contributed by atoms with Crippen molar-refractivity contribution in [3.63, 3.8) is 0 Å². The van der Waals surface area contributed by atoms with Crippen molar-refractivity contribution in [1.82, 2.24) is 0 Å². The van der Waals surface area contributed by atoms with Crippen LogP contribution in [0.5, 0.6) is 0 Å². The molecular weight excluding hydrogens is 208 g/mol. The minimum atomic E-state index is -3.02. The summed E-state index contributed by atoms with van der Waals surface area (Å²) in [5.41, 5.74) is 0. The number of hydrogen-bond donors (Lipinski definition) is 0. The van der Waals surface area contributed by atoms with Crippen molar-refractivity contribution in [2.45, 2.75) is 34.1 Å². The largest absolute Gasteiger partial charge is 0.224 e. The molecule has 0 aromatic heterocycles. The molecule has 0 amide bonds. The van der Waals surface area contributed by atoms with E-state index in [0.29, 0.717) is 11.3 Å². The lowest BCUT2D eigenvalue weighted by atomic mass is 10.4. The molecule has 0 saturated carbocycles. The van der Waals surface area contributed by atoms with E-state index in [1.54, 1.807) is 31.2 Å². The van der Waals surface area contributed by atoms with Gasteiger partial charge in [0.25, 0.3) is 0 Å². The van der Waals surface area contributed by atoms with E-state index < -0.39 is 9.84 Å². The summed E-state index contributed by atoms with van der Waals surface area (Å²) in [4.78, 5) is 0.410. The molecule has 3 heteroatoms. The molecule has 0 aromatic rings. The van der Waals surface area contributed by atoms with Crippen LogP contribution in [0.2, 0.25) is 0 Å². The summed E-state index contributed by atoms with van der Waals surface area (Å²) < 4.78 is 22.8. The average molecular weight is 230 g/mol. The lowest BCUT2D eigenvalue weighted by molar-refractivity contribution is 0.600. The van der Waals surface area contributed by atoms with Gasteiger partial charge >= 0.3 is 0 Å². The third-order valence-electron chi connectivity index (χ3n) is 1.54. The Hall–Kier alpha value is -0.830. The van der Waals surface area contributed by atoms with Gasteiger partial charge < -0.3 is 0 Å². The molecule has 0 rings (SSSR count). The van der Waals surface area contributed by atoms with E-state index in [4.69, 9.17) is 0 Å². The fourth-order valence-corrected chi connectivity index (χ4v) is 1.95. The van der Waals surface area contributed by atoms with Crippen LogP contribution in [-0.4, -0.2) is 14.2 Å². The molecule has 0 saturated heterocycles. The van der Waals surface area contributed by atoms with Crippen molar-refractivity contribution in [3.8, 4) is 0 Å². The summed E-state index contributed by atoms with van der Waals surface area (Å²) in [5, 5.41) is 0. The fourth-order valence-electron chi connectivity index (χ4n) is 0.803. The van der Waals surface area contributed by atoms with Gasteiger partial charge in [0.05, 0.1) is 5.75 Å². The molecular formula is C12H22O2S. The number of hydrogen-bond acceptors (Lipinski definition) is 2. The summed E-state index contributed by atoms with van der Waals surface area (Å²) in [6.07, 6.45) is 7.22. The zero-order valence-electron chi connectivity index (χ0n) is 10.2. The van der Waals surface area contributed by atoms with Crippen LogP contribution < -0.4 is 0 Å². The minimum absolute atomic E-state index is 0.220. The molecule has 0 spiro atoms. The number of rotatable bonds is 5. The standard InChI is InChI=1S/C10H16O2S.C2H6/c1-4-6-7-8-10(3)13(11,12)9-5-2;1-2/h4,6-8H,1,5,9H2,2-3H3;1-2H3/b7-6-,10-8+;. The maximum absolute atomic E-state index is 11.4. The second kappa shape index (κ2) is 9.71. The molecule has 0 radical (unpaired) electrons. The molecule has 15 heavy (non-hydrogen) atoms. The molecule has 0 bridgehead atoms. The summed E-state index contributed by atoms with van der Waals surface area (Å²) >= 11 is 0. The minimum Gasteiger partial charge on any atom is -0.224 e. The molecule has 2 nitrogen and oxygen atoms in total. The Morgan fingerprint density at radius 2 is 1.80 bits per heavy atom. The van der Waals surface area contributed by atoms with Crippen molar-refractivity contribution in [3.05, 3.63) is 35.8 Å². The first-order valence-electron chi connectivity index (χ1n) is 5.23. The summed E-state index contributed by atoms with van der Waals surface area (Å²) in [7, 11) is -3.02. The van der Waals surface area contributed by atoms with E-state index in [-0.39, 0.29) is 5.75 Å². The Morgan fingerprint density at radius 3 is 2.20 bits per heavy atom. The Bertz CT molecular complexity index is 309. The highest BCUT2D eigenvalue weighted by Gasteiger charge is 2.10. The number of allylic oxidation sites excluding steroid dienone is 5. The SMILES string of the molecule is C=C/C=C\C=C(/C)S(=O)(=O)CCC.CC. The molecule has 0 fully saturated rings. The van der Waals surface area contributed by atoms with Crippen molar-refractivity contribution < 1.29 is 8.42 Å². The Kier molecular flexibility index (Phi) is 10.7. The van der Waals surface area contributed by atoms with E-state index in [9.17, 15) is 8.42 Å². The van der Waals surface area contributed by atoms with Crippen LogP contribution in [0.15, 0.2) is 35.8 Å². The Labute approximate surface area is 94.3 Å². The van der Waals surface area contributed by atoms with Crippen molar-refractivity contribution in [2.24, 2.45) is 0 Å². The smallest absolute Gasteiger partial charge is 0.174 e. The van der Waals surface area contributed by atoms with Gasteiger partial charge in [-0.1, -0.05) is 45.6 Å². The molecule has 0 aliphatic rings. The Balaban J connectivity index is 0. The quantitative estimate of drug-likeness (QED) is 0.678. The monoisotopic (exact) mass is 230 g/mol. The van der Waals surface area contributed by atoms with Gasteiger partial charge in [-0.15, -0.1) is 0 Å². The lowest BCUT2D eigenvalue weighted by Crippen LogP contribution is -2.05. The van der Waals surface area contributed by atoms with E-state index in [1.807, 2.05) is 20.8 Å². The van der Waals surface area contributed by atoms with Crippen LogP contribution in [0.3, 0.4) is 0 Å². The van der Waals surface area contributed by atoms with Gasteiger partial charge in [0, 0.05) is 4.91 Å². The molecule has 0 aliphatic heterocycles. The first-order valence-corrected chi connectivity index (χ1v) is 6.88. The molecule has 0 aromatic carbocycles. The van der Waals surface area contributed by atoms with Gasteiger partial charge in [-0.05, 0) is 19.4 Å². The molecule has 0 heterocycles. The van der Waals surface area contributed by atoms with Crippen LogP contribution in [-0.2, 0) is 9.84 Å². The van der Waals surface area contributed by atoms with Gasteiger partial charge in [-0.25, -0.2) is 8.42 Å². The highest BCUT2D eigenvalue weighted by atomic mass is 32.2. The molecule has 0 unspecified atom stereocenters. The average Bonchev–Trinajstić information content (AvgIpc) is 2.21. The highest BCUT2D eigenvalue weighted by Crippen LogP contribution is 2.07. The maximum Gasteiger partial charge on any atom is 0.174 e. The van der Waals surface area contributed by atoms with Gasteiger partial charge in [0.15, 0.2) is 9.84 Å². The Morgan fingerprint density at radius 1 is 1.27 bits per heavy atom. The lowest BCUT2D eigenvalue weighted by Gasteiger charge is -2.00. The second-order valence-electron chi connectivity index (χ2n) is 2.72. The topological polar surface area (TPSA) is 34.1 Å². The zero-order chi connectivity index (χ0) is 12.3. The van der Waals surface area contributed by atoms with E-state index >= 15 is 0 Å². The van der Waals surface area contributed by atoms with Crippen LogP contribution in [0.4, 0.5) is 0 Å². The van der Waals surface area contributed by atoms with E-state index in [0.717, 1.165) is 0 Å². The van der Waals surface area contributed by atoms with Crippen LogP contribution in [0.25, 0.3) is 0 Å². The zero-order valence-corrected chi connectivity index (χ0v) is 11.0. The third kappa shape index (κ3) is 8.18. The van der Waals surface area contributed by atoms with Gasteiger partial charge in [-0.3, -0.25) is 0 Å². The number of sulfone groups is 1. The molecule has 0 aliphatic carbocycles. The van der Waals surface area contributed by atoms with Crippen LogP contribution >= 0.6 is 0 Å². The fraction of sp³-hybridized carbons (Fsp3) is 0.500. The normalized spacial score (nSPS) is 12.1.